The fraction of sp³-hybridized carbons (Fsp3) is 0.500. The average molecular weight is 1120 g/mol. The number of phenolic OH excluding ortho intramolecular Hbond substituents is 2. The van der Waals surface area contributed by atoms with Gasteiger partial charge in [0.15, 0.2) is 5.76 Å². The van der Waals surface area contributed by atoms with E-state index in [2.05, 4.69) is 61.6 Å². The first kappa shape index (κ1) is 53.6. The second-order valence-electron chi connectivity index (χ2n) is 23.1. The number of hydrogen-bond acceptors (Lipinski definition) is 15. The maximum Gasteiger partial charge on any atom is 0.238 e. The van der Waals surface area contributed by atoms with E-state index in [1.165, 1.54) is 43.7 Å². The van der Waals surface area contributed by atoms with Gasteiger partial charge in [-0.3, -0.25) is 4.79 Å². The average Bonchev–Trinajstić information content (AvgIpc) is 3.63. The van der Waals surface area contributed by atoms with Crippen LogP contribution in [0.3, 0.4) is 0 Å². The molecule has 8 N–H and O–H groups in total. The van der Waals surface area contributed by atoms with Crippen molar-refractivity contribution in [2.45, 2.75) is 157 Å². The second-order valence-corrected chi connectivity index (χ2v) is 28.2. The van der Waals surface area contributed by atoms with Crippen LogP contribution in [0.25, 0.3) is 44.2 Å². The van der Waals surface area contributed by atoms with Crippen LogP contribution in [-0.2, 0) is 25.0 Å². The predicted molar refractivity (Wildman–Crippen MR) is 314 cm³/mol. The van der Waals surface area contributed by atoms with Gasteiger partial charge in [-0.1, -0.05) is 113 Å². The molecule has 15 heteroatoms. The van der Waals surface area contributed by atoms with Crippen LogP contribution in [0.5, 0.6) is 23.0 Å². The summed E-state index contributed by atoms with van der Waals surface area (Å²) in [5, 5.41) is 89.0. The van der Waals surface area contributed by atoms with E-state index in [-0.39, 0.29) is 88.2 Å². The summed E-state index contributed by atoms with van der Waals surface area (Å²) in [6.07, 6.45) is 8.13. The molecule has 0 radical (unpaired) electrons. The Bertz CT molecular complexity index is 3280. The Hall–Kier alpha value is -4.03. The largest absolute Gasteiger partial charge is 0.507 e. The van der Waals surface area contributed by atoms with Crippen molar-refractivity contribution in [3.05, 3.63) is 115 Å². The number of fused-ring (bicyclic) bond motifs is 10. The van der Waals surface area contributed by atoms with Gasteiger partial charge in [0.25, 0.3) is 0 Å². The number of aliphatic hydroxyl groups is 4. The van der Waals surface area contributed by atoms with E-state index >= 15 is 4.79 Å². The molecular weight excluding hydrogens is 1050 g/mol. The second kappa shape index (κ2) is 22.5. The number of ether oxygens (including phenoxy) is 1. The Balaban J connectivity index is 1.07. The molecule has 3 aliphatic heterocycles. The van der Waals surface area contributed by atoms with E-state index in [1.54, 1.807) is 43.2 Å². The maximum absolute atomic E-state index is 15.6. The zero-order valence-electron chi connectivity index (χ0n) is 43.9. The number of aromatic hydroxyl groups is 3. The van der Waals surface area contributed by atoms with E-state index in [0.29, 0.717) is 72.6 Å². The minimum absolute atomic E-state index is 0.00563. The van der Waals surface area contributed by atoms with Gasteiger partial charge in [-0.25, -0.2) is 0 Å². The standard InChI is InChI=1S/C62H71NO10S4/c1-31(2)21-36-25-42(45-29-75-76-30-46(63-37-12-4-3-5-13-37)34-10-6-9-32(22-34)23-41(45)56(36)68)60-59(71)58(70)55-50(73-60)28-48(67)53-43-26-40-38(17-19-65)33(11-7-18-64)24-35-15-16-39-54(51(35)40)52(43)44-27-49(72-61(53)55)47(66)14-8-20-74-77-62(39)57(44)69/h6,9-10,15-16,22,25-26,28,31,33,37-38,44,46-47,49,57,62-69,71H,3-5,7-8,11-14,17-21,23-24,27,29-30H2,1-2H3/t33-,38-,44+,46-,47-,49+,57-,62-/m0/s1. The number of aliphatic hydroxyl groups excluding tert-OH is 4. The Labute approximate surface area is 466 Å². The summed E-state index contributed by atoms with van der Waals surface area (Å²) < 4.78 is 13.9. The molecule has 0 unspecified atom stereocenters. The number of nitrogens with one attached hydrogen (secondary N) is 1. The third-order valence-electron chi connectivity index (χ3n) is 17.7. The first-order valence-electron chi connectivity index (χ1n) is 28.1. The number of phenols is 2. The van der Waals surface area contributed by atoms with Crippen LogP contribution < -0.4 is 15.5 Å². The third-order valence-corrected chi connectivity index (χ3v) is 22.9. The highest BCUT2D eigenvalue weighted by atomic mass is 33.1. The van der Waals surface area contributed by atoms with E-state index in [9.17, 15) is 35.7 Å². The summed E-state index contributed by atoms with van der Waals surface area (Å²) in [6, 6.07) is 18.9. The van der Waals surface area contributed by atoms with Crippen molar-refractivity contribution in [2.75, 3.05) is 24.7 Å². The lowest BCUT2D eigenvalue weighted by Gasteiger charge is -2.43. The van der Waals surface area contributed by atoms with Gasteiger partial charge in [-0.05, 0) is 155 Å². The molecule has 4 heterocycles. The van der Waals surface area contributed by atoms with Gasteiger partial charge in [0.1, 0.15) is 34.3 Å². The number of benzene rings is 5. The van der Waals surface area contributed by atoms with Crippen LogP contribution in [0.15, 0.2) is 63.8 Å². The van der Waals surface area contributed by atoms with Crippen molar-refractivity contribution in [2.24, 2.45) is 11.8 Å². The Morgan fingerprint density at radius 1 is 0.818 bits per heavy atom. The van der Waals surface area contributed by atoms with Crippen LogP contribution >= 0.6 is 43.2 Å². The Morgan fingerprint density at radius 3 is 2.47 bits per heavy atom. The minimum atomic E-state index is -0.999. The van der Waals surface area contributed by atoms with Gasteiger partial charge in [0.2, 0.25) is 11.2 Å². The molecule has 6 aliphatic rings. The van der Waals surface area contributed by atoms with Gasteiger partial charge in [-0.15, -0.1) is 0 Å². The predicted octanol–water partition coefficient (Wildman–Crippen LogP) is 12.6. The van der Waals surface area contributed by atoms with Crippen molar-refractivity contribution >= 4 is 64.9 Å². The SMILES string of the molecule is CC(C)Cc1cc(-c2oc3cc(O)c4c(c3c(=O)c2O)O[C@@H]2C[C@@H]3c5c-4cc4c6c(ccc(c56)[C@H](SSCCC[C@@H]2O)[C@H]3O)C[C@H](CCCO)[C@@H]4CCO)c2c(c1O)Cc1cccc(c1)[C@@H](NC1CCCCC1)CSSC2. The molecular formula is C62H71NO10S4. The lowest BCUT2D eigenvalue weighted by molar-refractivity contribution is 0.00975. The van der Waals surface area contributed by atoms with Crippen molar-refractivity contribution in [3.8, 4) is 45.4 Å². The summed E-state index contributed by atoms with van der Waals surface area (Å²) in [5.74, 6) is 0.904. The highest BCUT2D eigenvalue weighted by Gasteiger charge is 2.47. The van der Waals surface area contributed by atoms with Crippen LogP contribution in [0.1, 0.15) is 158 Å². The van der Waals surface area contributed by atoms with Crippen molar-refractivity contribution in [1.82, 2.24) is 5.32 Å². The zero-order chi connectivity index (χ0) is 53.2. The topological polar surface area (TPSA) is 193 Å². The number of rotatable bonds is 10. The van der Waals surface area contributed by atoms with Gasteiger partial charge in [-0.2, -0.15) is 0 Å². The van der Waals surface area contributed by atoms with Gasteiger partial charge in [0.05, 0.1) is 23.0 Å². The first-order valence-corrected chi connectivity index (χ1v) is 33.0. The lowest BCUT2D eigenvalue weighted by Crippen LogP contribution is -2.39. The molecule has 8 atom stereocenters. The molecule has 0 amide bonds. The maximum atomic E-state index is 15.6. The van der Waals surface area contributed by atoms with Crippen LogP contribution in [0, 0.1) is 11.8 Å². The summed E-state index contributed by atoms with van der Waals surface area (Å²) >= 11 is 0. The molecule has 1 saturated carbocycles. The Morgan fingerprint density at radius 2 is 1.66 bits per heavy atom. The highest BCUT2D eigenvalue weighted by Crippen LogP contribution is 2.61. The molecule has 5 aromatic carbocycles. The van der Waals surface area contributed by atoms with Crippen molar-refractivity contribution in [3.63, 3.8) is 0 Å². The fourth-order valence-corrected chi connectivity index (χ4v) is 19.3. The molecule has 408 valence electrons. The summed E-state index contributed by atoms with van der Waals surface area (Å²) in [5.41, 5.74) is 8.89. The molecule has 2 fully saturated rings. The monoisotopic (exact) mass is 1120 g/mol. The molecule has 5 bridgehead atoms. The smallest absolute Gasteiger partial charge is 0.238 e. The molecule has 12 rings (SSSR count). The third kappa shape index (κ3) is 9.87. The van der Waals surface area contributed by atoms with E-state index < -0.39 is 35.4 Å². The van der Waals surface area contributed by atoms with Gasteiger partial charge in [0, 0.05) is 72.1 Å². The first-order chi connectivity index (χ1) is 37.4. The summed E-state index contributed by atoms with van der Waals surface area (Å²) in [4.78, 5) is 15.6. The molecule has 6 aromatic rings. The molecule has 1 aromatic heterocycles. The quantitative estimate of drug-likeness (QED) is 0.0604. The van der Waals surface area contributed by atoms with E-state index in [1.807, 2.05) is 6.07 Å². The summed E-state index contributed by atoms with van der Waals surface area (Å²) in [6.45, 7) is 4.19. The fourth-order valence-electron chi connectivity index (χ4n) is 14.1. The van der Waals surface area contributed by atoms with Gasteiger partial charge >= 0.3 is 0 Å². The molecule has 77 heavy (non-hydrogen) atoms. The van der Waals surface area contributed by atoms with Crippen molar-refractivity contribution in [1.29, 1.82) is 0 Å². The molecule has 3 aliphatic carbocycles. The van der Waals surface area contributed by atoms with E-state index in [4.69, 9.17) is 9.15 Å². The lowest BCUT2D eigenvalue weighted by atomic mass is 9.65. The molecule has 1 saturated heterocycles. The molecule has 11 nitrogen and oxygen atoms in total. The minimum Gasteiger partial charge on any atom is -0.507 e. The van der Waals surface area contributed by atoms with Crippen molar-refractivity contribution < 1.29 is 44.9 Å². The van der Waals surface area contributed by atoms with Crippen LogP contribution in [0.4, 0.5) is 0 Å². The Kier molecular flexibility index (Phi) is 15.7. The van der Waals surface area contributed by atoms with E-state index in [0.717, 1.165) is 68.5 Å². The zero-order valence-corrected chi connectivity index (χ0v) is 47.2. The normalized spacial score (nSPS) is 25.4. The molecule has 0 spiro atoms. The van der Waals surface area contributed by atoms with Crippen LogP contribution in [-0.4, -0.2) is 84.8 Å². The highest BCUT2D eigenvalue weighted by molar-refractivity contribution is 8.77. The van der Waals surface area contributed by atoms with Crippen LogP contribution in [0.2, 0.25) is 0 Å². The summed E-state index contributed by atoms with van der Waals surface area (Å²) in [7, 11) is 6.78. The number of hydrogen-bond donors (Lipinski definition) is 8. The van der Waals surface area contributed by atoms with Gasteiger partial charge < -0.3 is 50.2 Å².